The zero-order valence-electron chi connectivity index (χ0n) is 12.7. The van der Waals surface area contributed by atoms with Gasteiger partial charge in [0.05, 0.1) is 0 Å². The molecule has 0 radical (unpaired) electrons. The number of rotatable bonds is 2. The maximum absolute atomic E-state index is 6.29. The molecule has 0 bridgehead atoms. The van der Waals surface area contributed by atoms with E-state index in [1.54, 1.807) is 0 Å². The summed E-state index contributed by atoms with van der Waals surface area (Å²) in [5, 5.41) is 0. The molecule has 1 saturated carbocycles. The summed E-state index contributed by atoms with van der Waals surface area (Å²) in [5.74, 6) is 0. The highest BCUT2D eigenvalue weighted by atomic mass is 15.3. The molecule has 3 nitrogen and oxygen atoms in total. The molecule has 1 heterocycles. The molecule has 1 aliphatic heterocycles. The lowest BCUT2D eigenvalue weighted by Crippen LogP contribution is -2.56. The molecule has 2 atom stereocenters. The third-order valence-corrected chi connectivity index (χ3v) is 5.06. The first-order valence-corrected chi connectivity index (χ1v) is 7.54. The van der Waals surface area contributed by atoms with Gasteiger partial charge in [-0.05, 0) is 39.0 Å². The minimum absolute atomic E-state index is 0.319. The Balaban J connectivity index is 1.84. The van der Waals surface area contributed by atoms with Crippen molar-refractivity contribution in [1.82, 2.24) is 9.80 Å². The zero-order valence-corrected chi connectivity index (χ0v) is 12.7. The Bertz CT molecular complexity index is 276. The first-order valence-electron chi connectivity index (χ1n) is 7.54. The minimum Gasteiger partial charge on any atom is -0.327 e. The summed E-state index contributed by atoms with van der Waals surface area (Å²) < 4.78 is 0. The van der Waals surface area contributed by atoms with Crippen LogP contribution in [0.15, 0.2) is 0 Å². The van der Waals surface area contributed by atoms with Crippen molar-refractivity contribution >= 4 is 0 Å². The normalized spacial score (nSPS) is 36.2. The average molecular weight is 253 g/mol. The van der Waals surface area contributed by atoms with Crippen LogP contribution in [-0.2, 0) is 0 Å². The smallest absolute Gasteiger partial charge is 0.0126 e. The van der Waals surface area contributed by atoms with Crippen LogP contribution in [0.5, 0.6) is 0 Å². The van der Waals surface area contributed by atoms with Crippen LogP contribution in [0.3, 0.4) is 0 Å². The number of piperazine rings is 1. The van der Waals surface area contributed by atoms with Crippen LogP contribution in [0, 0.1) is 5.41 Å². The maximum atomic E-state index is 6.29. The highest BCUT2D eigenvalue weighted by Gasteiger charge is 2.38. The van der Waals surface area contributed by atoms with Crippen molar-refractivity contribution in [3.05, 3.63) is 0 Å². The number of nitrogens with zero attached hydrogens (tertiary/aromatic N) is 2. The highest BCUT2D eigenvalue weighted by Crippen LogP contribution is 2.37. The fraction of sp³-hybridized carbons (Fsp3) is 1.00. The van der Waals surface area contributed by atoms with Crippen LogP contribution < -0.4 is 5.73 Å². The zero-order chi connectivity index (χ0) is 13.4. The van der Waals surface area contributed by atoms with Gasteiger partial charge in [0.1, 0.15) is 0 Å². The third-order valence-electron chi connectivity index (χ3n) is 5.06. The van der Waals surface area contributed by atoms with Crippen LogP contribution >= 0.6 is 0 Å². The van der Waals surface area contributed by atoms with Gasteiger partial charge in [-0.3, -0.25) is 4.90 Å². The van der Waals surface area contributed by atoms with Gasteiger partial charge in [0.25, 0.3) is 0 Å². The lowest BCUT2D eigenvalue weighted by molar-refractivity contribution is 0.0408. The van der Waals surface area contributed by atoms with Crippen molar-refractivity contribution in [1.29, 1.82) is 0 Å². The van der Waals surface area contributed by atoms with E-state index in [4.69, 9.17) is 5.73 Å². The summed E-state index contributed by atoms with van der Waals surface area (Å²) in [7, 11) is 0. The van der Waals surface area contributed by atoms with E-state index in [0.717, 1.165) is 0 Å². The van der Waals surface area contributed by atoms with Gasteiger partial charge >= 0.3 is 0 Å². The molecule has 2 aliphatic rings. The molecule has 0 aromatic rings. The summed E-state index contributed by atoms with van der Waals surface area (Å²) in [4.78, 5) is 5.23. The SMILES string of the molecule is CC1(CN2CCN(C(C)(C)C)CC2)CCCC1N. The van der Waals surface area contributed by atoms with E-state index in [1.165, 1.54) is 52.0 Å². The number of nitrogens with two attached hydrogens (primary N) is 1. The van der Waals surface area contributed by atoms with Crippen molar-refractivity contribution in [2.75, 3.05) is 32.7 Å². The second-order valence-electron chi connectivity index (χ2n) is 7.59. The Labute approximate surface area is 113 Å². The van der Waals surface area contributed by atoms with E-state index in [-0.39, 0.29) is 0 Å². The lowest BCUT2D eigenvalue weighted by Gasteiger charge is -2.44. The monoisotopic (exact) mass is 253 g/mol. The van der Waals surface area contributed by atoms with E-state index in [0.29, 0.717) is 17.0 Å². The molecule has 0 aromatic heterocycles. The largest absolute Gasteiger partial charge is 0.327 e. The van der Waals surface area contributed by atoms with Gasteiger partial charge in [-0.1, -0.05) is 13.3 Å². The van der Waals surface area contributed by atoms with Crippen LogP contribution in [-0.4, -0.2) is 54.1 Å². The van der Waals surface area contributed by atoms with Crippen LogP contribution in [0.4, 0.5) is 0 Å². The van der Waals surface area contributed by atoms with Crippen molar-refractivity contribution in [3.8, 4) is 0 Å². The second-order valence-corrected chi connectivity index (χ2v) is 7.59. The average Bonchev–Trinajstić information content (AvgIpc) is 2.58. The summed E-state index contributed by atoms with van der Waals surface area (Å²) in [5.41, 5.74) is 6.97. The first kappa shape index (κ1) is 14.3. The summed E-state index contributed by atoms with van der Waals surface area (Å²) in [6.07, 6.45) is 3.85. The van der Waals surface area contributed by atoms with E-state index in [1.807, 2.05) is 0 Å². The van der Waals surface area contributed by atoms with Gasteiger partial charge in [-0.15, -0.1) is 0 Å². The Hall–Kier alpha value is -0.120. The molecule has 0 spiro atoms. The standard InChI is InChI=1S/C15H31N3/c1-14(2,3)18-10-8-17(9-11-18)12-15(4)7-5-6-13(15)16/h13H,5-12,16H2,1-4H3. The number of hydrogen-bond acceptors (Lipinski definition) is 3. The molecule has 2 fully saturated rings. The molecule has 2 rings (SSSR count). The lowest BCUT2D eigenvalue weighted by atomic mass is 9.84. The van der Waals surface area contributed by atoms with Crippen LogP contribution in [0.2, 0.25) is 0 Å². The quantitative estimate of drug-likeness (QED) is 0.816. The van der Waals surface area contributed by atoms with Crippen molar-refractivity contribution in [3.63, 3.8) is 0 Å². The molecule has 3 heteroatoms. The van der Waals surface area contributed by atoms with E-state index < -0.39 is 0 Å². The molecule has 18 heavy (non-hydrogen) atoms. The molecule has 1 saturated heterocycles. The van der Waals surface area contributed by atoms with Gasteiger partial charge in [0.15, 0.2) is 0 Å². The number of hydrogen-bond donors (Lipinski definition) is 1. The van der Waals surface area contributed by atoms with Gasteiger partial charge < -0.3 is 10.6 Å². The van der Waals surface area contributed by atoms with Crippen LogP contribution in [0.25, 0.3) is 0 Å². The van der Waals surface area contributed by atoms with Crippen molar-refractivity contribution < 1.29 is 0 Å². The fourth-order valence-corrected chi connectivity index (χ4v) is 3.54. The first-order chi connectivity index (χ1) is 8.31. The van der Waals surface area contributed by atoms with Crippen LogP contribution in [0.1, 0.15) is 47.0 Å². The Kier molecular flexibility index (Phi) is 4.05. The summed E-state index contributed by atoms with van der Waals surface area (Å²) in [6, 6.07) is 0.415. The minimum atomic E-state index is 0.319. The third kappa shape index (κ3) is 3.06. The molecule has 0 aromatic carbocycles. The van der Waals surface area contributed by atoms with E-state index in [2.05, 4.69) is 37.5 Å². The topological polar surface area (TPSA) is 32.5 Å². The molecular weight excluding hydrogens is 222 g/mol. The molecule has 1 aliphatic carbocycles. The molecule has 0 amide bonds. The Morgan fingerprint density at radius 2 is 1.78 bits per heavy atom. The summed E-state index contributed by atoms with van der Waals surface area (Å²) >= 11 is 0. The highest BCUT2D eigenvalue weighted by molar-refractivity contribution is 4.94. The van der Waals surface area contributed by atoms with Gasteiger partial charge in [0.2, 0.25) is 0 Å². The summed E-state index contributed by atoms with van der Waals surface area (Å²) in [6.45, 7) is 15.4. The van der Waals surface area contributed by atoms with E-state index >= 15 is 0 Å². The van der Waals surface area contributed by atoms with E-state index in [9.17, 15) is 0 Å². The maximum Gasteiger partial charge on any atom is 0.0126 e. The van der Waals surface area contributed by atoms with Crippen molar-refractivity contribution in [2.24, 2.45) is 11.1 Å². The Morgan fingerprint density at radius 1 is 1.17 bits per heavy atom. The second kappa shape index (κ2) is 5.10. The predicted molar refractivity (Wildman–Crippen MR) is 77.7 cm³/mol. The molecule has 106 valence electrons. The molecular formula is C15H31N3. The molecule has 2 N–H and O–H groups in total. The van der Waals surface area contributed by atoms with Gasteiger partial charge in [-0.25, -0.2) is 0 Å². The van der Waals surface area contributed by atoms with Crippen molar-refractivity contribution in [2.45, 2.75) is 58.5 Å². The van der Waals surface area contributed by atoms with Gasteiger partial charge in [-0.2, -0.15) is 0 Å². The molecule has 2 unspecified atom stereocenters. The fourth-order valence-electron chi connectivity index (χ4n) is 3.54. The Morgan fingerprint density at radius 3 is 2.22 bits per heavy atom. The predicted octanol–water partition coefficient (Wildman–Crippen LogP) is 1.92. The van der Waals surface area contributed by atoms with Gasteiger partial charge in [0, 0.05) is 44.3 Å².